The number of nitrogens with zero attached hydrogens (tertiary/aromatic N) is 2. The third kappa shape index (κ3) is 4.02. The van der Waals surface area contributed by atoms with Crippen molar-refractivity contribution >= 4 is 54.7 Å². The van der Waals surface area contributed by atoms with Crippen molar-refractivity contribution in [3.05, 3.63) is 46.4 Å². The lowest BCUT2D eigenvalue weighted by atomic mass is 10.1. The van der Waals surface area contributed by atoms with Gasteiger partial charge in [-0.2, -0.15) is 0 Å². The molecule has 0 bridgehead atoms. The lowest BCUT2D eigenvalue weighted by Crippen LogP contribution is -1.93. The molecule has 146 valence electrons. The molecule has 2 aromatic carbocycles. The number of Topliss-reactive ketones (excluding diaryl/α,β-unsaturated/α-hetero) is 2. The van der Waals surface area contributed by atoms with Gasteiger partial charge in [-0.05, 0) is 38.1 Å². The van der Waals surface area contributed by atoms with E-state index in [1.807, 2.05) is 0 Å². The number of phenolic OH excluding ortho intramolecular Hbond substituents is 1. The molecule has 0 fully saturated rings. The maximum atomic E-state index is 11.3. The normalized spacial score (nSPS) is 10.1. The van der Waals surface area contributed by atoms with Crippen LogP contribution in [-0.2, 0) is 0 Å². The number of methoxy groups -OCH3 is 1. The van der Waals surface area contributed by atoms with Crippen molar-refractivity contribution < 1.29 is 19.4 Å². The molecule has 4 rings (SSSR count). The van der Waals surface area contributed by atoms with Gasteiger partial charge in [-0.3, -0.25) is 9.59 Å². The van der Waals surface area contributed by atoms with Crippen molar-refractivity contribution in [1.29, 1.82) is 0 Å². The van der Waals surface area contributed by atoms with E-state index in [9.17, 15) is 14.7 Å². The summed E-state index contributed by atoms with van der Waals surface area (Å²) in [5.74, 6) is 0.892. The van der Waals surface area contributed by atoms with Crippen LogP contribution < -0.4 is 4.74 Å². The standard InChI is InChI=1S/C10H9NO2S.C9H7NO2S.CH4/c1-6(12)7-3-4-8(13-2)9-10(7)14-5-11-9;1-5(11)6-2-3-7(12)8-9(6)13-4-10-8;/h3-5H,1-2H3;2-4,12H,1H3;1H4. The number of fused-ring (bicyclic) bond motifs is 2. The molecule has 0 radical (unpaired) electrons. The number of benzene rings is 2. The summed E-state index contributed by atoms with van der Waals surface area (Å²) in [7, 11) is 1.60. The van der Waals surface area contributed by atoms with Crippen LogP contribution in [0.4, 0.5) is 0 Å². The summed E-state index contributed by atoms with van der Waals surface area (Å²) < 4.78 is 6.81. The lowest BCUT2D eigenvalue weighted by molar-refractivity contribution is 0.101. The third-order valence-electron chi connectivity index (χ3n) is 3.89. The Balaban J connectivity index is 0.000000194. The Morgan fingerprint density at radius 2 is 1.39 bits per heavy atom. The summed E-state index contributed by atoms with van der Waals surface area (Å²) in [6, 6.07) is 6.68. The monoisotopic (exact) mass is 416 g/mol. The molecule has 28 heavy (non-hydrogen) atoms. The average Bonchev–Trinajstić information content (AvgIpc) is 3.31. The molecule has 2 heterocycles. The Hall–Kier alpha value is -2.84. The number of aromatic hydroxyl groups is 1. The van der Waals surface area contributed by atoms with E-state index in [4.69, 9.17) is 4.74 Å². The van der Waals surface area contributed by atoms with Gasteiger partial charge in [-0.15, -0.1) is 22.7 Å². The highest BCUT2D eigenvalue weighted by Gasteiger charge is 2.12. The number of thiazole rings is 2. The lowest BCUT2D eigenvalue weighted by Gasteiger charge is -2.02. The van der Waals surface area contributed by atoms with Gasteiger partial charge in [0.25, 0.3) is 0 Å². The largest absolute Gasteiger partial charge is 0.506 e. The Morgan fingerprint density at radius 1 is 0.893 bits per heavy atom. The number of ketones is 2. The second-order valence-electron chi connectivity index (χ2n) is 5.62. The molecule has 0 aliphatic carbocycles. The summed E-state index contributed by atoms with van der Waals surface area (Å²) in [5.41, 5.74) is 5.96. The van der Waals surface area contributed by atoms with E-state index in [2.05, 4.69) is 9.97 Å². The molecule has 6 nitrogen and oxygen atoms in total. The smallest absolute Gasteiger partial charge is 0.161 e. The molecule has 0 atom stereocenters. The number of aromatic nitrogens is 2. The molecule has 0 amide bonds. The number of hydrogen-bond acceptors (Lipinski definition) is 8. The Kier molecular flexibility index (Phi) is 6.82. The van der Waals surface area contributed by atoms with Crippen LogP contribution in [0.3, 0.4) is 0 Å². The van der Waals surface area contributed by atoms with Gasteiger partial charge in [0.2, 0.25) is 0 Å². The predicted octanol–water partition coefficient (Wildman–Crippen LogP) is 5.35. The second-order valence-corrected chi connectivity index (χ2v) is 7.33. The van der Waals surface area contributed by atoms with E-state index in [1.54, 1.807) is 43.3 Å². The maximum absolute atomic E-state index is 11.3. The fourth-order valence-corrected chi connectivity index (χ4v) is 4.32. The molecule has 0 aliphatic rings. The number of hydrogen-bond donors (Lipinski definition) is 1. The molecule has 0 saturated heterocycles. The fraction of sp³-hybridized carbons (Fsp3) is 0.200. The van der Waals surface area contributed by atoms with Crippen LogP contribution in [0.15, 0.2) is 35.3 Å². The zero-order valence-electron chi connectivity index (χ0n) is 14.8. The molecular formula is C20H20N2O4S2. The molecule has 8 heteroatoms. The van der Waals surface area contributed by atoms with Crippen LogP contribution in [0.5, 0.6) is 11.5 Å². The molecule has 0 spiro atoms. The van der Waals surface area contributed by atoms with Crippen LogP contribution in [0, 0.1) is 0 Å². The van der Waals surface area contributed by atoms with Crippen LogP contribution in [0.2, 0.25) is 0 Å². The Morgan fingerprint density at radius 3 is 1.93 bits per heavy atom. The first-order valence-electron chi connectivity index (χ1n) is 7.91. The van der Waals surface area contributed by atoms with Gasteiger partial charge in [-0.1, -0.05) is 7.43 Å². The molecule has 0 unspecified atom stereocenters. The number of ether oxygens (including phenoxy) is 1. The minimum Gasteiger partial charge on any atom is -0.506 e. The summed E-state index contributed by atoms with van der Waals surface area (Å²) in [6.07, 6.45) is 0. The van der Waals surface area contributed by atoms with Crippen LogP contribution in [-0.4, -0.2) is 33.8 Å². The van der Waals surface area contributed by atoms with Crippen molar-refractivity contribution in [3.63, 3.8) is 0 Å². The number of carbonyl (C=O) groups is 2. The summed E-state index contributed by atoms with van der Waals surface area (Å²) in [5, 5.41) is 9.40. The van der Waals surface area contributed by atoms with Crippen molar-refractivity contribution in [2.45, 2.75) is 21.3 Å². The SMILES string of the molecule is C.CC(=O)c1ccc(O)c2ncsc12.COc1ccc(C(C)=O)c2scnc12. The fourth-order valence-electron chi connectivity index (χ4n) is 2.58. The van der Waals surface area contributed by atoms with Gasteiger partial charge in [0.05, 0.1) is 27.5 Å². The van der Waals surface area contributed by atoms with Crippen molar-refractivity contribution in [3.8, 4) is 11.5 Å². The Labute approximate surface area is 170 Å². The molecule has 2 aromatic heterocycles. The summed E-state index contributed by atoms with van der Waals surface area (Å²) in [6.45, 7) is 3.06. The van der Waals surface area contributed by atoms with Gasteiger partial charge in [0, 0.05) is 11.1 Å². The van der Waals surface area contributed by atoms with Crippen molar-refractivity contribution in [2.75, 3.05) is 7.11 Å². The van der Waals surface area contributed by atoms with E-state index >= 15 is 0 Å². The second kappa shape index (κ2) is 8.90. The van der Waals surface area contributed by atoms with Crippen LogP contribution in [0.1, 0.15) is 42.0 Å². The summed E-state index contributed by atoms with van der Waals surface area (Å²) in [4.78, 5) is 30.6. The Bertz CT molecular complexity index is 1150. The van der Waals surface area contributed by atoms with E-state index in [0.29, 0.717) is 22.4 Å². The number of rotatable bonds is 3. The number of phenols is 1. The topological polar surface area (TPSA) is 89.4 Å². The minimum absolute atomic E-state index is 0. The zero-order chi connectivity index (χ0) is 19.6. The highest BCUT2D eigenvalue weighted by atomic mass is 32.1. The number of carbonyl (C=O) groups excluding carboxylic acids is 2. The van der Waals surface area contributed by atoms with Gasteiger partial charge < -0.3 is 9.84 Å². The quantitative estimate of drug-likeness (QED) is 0.453. The molecular weight excluding hydrogens is 396 g/mol. The van der Waals surface area contributed by atoms with Gasteiger partial charge in [0.15, 0.2) is 11.6 Å². The highest BCUT2D eigenvalue weighted by Crippen LogP contribution is 2.31. The van der Waals surface area contributed by atoms with E-state index in [-0.39, 0.29) is 24.7 Å². The third-order valence-corrected chi connectivity index (χ3v) is 5.61. The van der Waals surface area contributed by atoms with E-state index < -0.39 is 0 Å². The zero-order valence-corrected chi connectivity index (χ0v) is 16.5. The van der Waals surface area contributed by atoms with E-state index in [1.165, 1.54) is 35.7 Å². The maximum Gasteiger partial charge on any atom is 0.161 e. The van der Waals surface area contributed by atoms with Gasteiger partial charge in [0.1, 0.15) is 22.5 Å². The minimum atomic E-state index is -0.00532. The first-order valence-corrected chi connectivity index (χ1v) is 9.67. The van der Waals surface area contributed by atoms with Crippen molar-refractivity contribution in [2.24, 2.45) is 0 Å². The molecule has 4 aromatic rings. The van der Waals surface area contributed by atoms with Gasteiger partial charge >= 0.3 is 0 Å². The van der Waals surface area contributed by atoms with Crippen LogP contribution in [0.25, 0.3) is 20.4 Å². The highest BCUT2D eigenvalue weighted by molar-refractivity contribution is 7.17. The first-order chi connectivity index (χ1) is 12.9. The summed E-state index contributed by atoms with van der Waals surface area (Å²) >= 11 is 2.82. The average molecular weight is 417 g/mol. The predicted molar refractivity (Wildman–Crippen MR) is 114 cm³/mol. The first kappa shape index (κ1) is 21.5. The molecule has 0 saturated carbocycles. The van der Waals surface area contributed by atoms with E-state index in [0.717, 1.165) is 14.9 Å². The molecule has 1 N–H and O–H groups in total. The van der Waals surface area contributed by atoms with Crippen LogP contribution >= 0.6 is 22.7 Å². The van der Waals surface area contributed by atoms with Crippen molar-refractivity contribution in [1.82, 2.24) is 9.97 Å². The molecule has 0 aliphatic heterocycles. The van der Waals surface area contributed by atoms with Gasteiger partial charge in [-0.25, -0.2) is 9.97 Å².